The lowest BCUT2D eigenvalue weighted by atomic mass is 9.99. The lowest BCUT2D eigenvalue weighted by Crippen LogP contribution is -2.24. The Morgan fingerprint density at radius 3 is 2.89 bits per heavy atom. The van der Waals surface area contributed by atoms with Crippen molar-refractivity contribution in [2.75, 3.05) is 13.2 Å². The first kappa shape index (κ1) is 23.6. The lowest BCUT2D eigenvalue weighted by molar-refractivity contribution is 0.0943. The number of aryl methyl sites for hydroxylation is 1. The summed E-state index contributed by atoms with van der Waals surface area (Å²) in [5.41, 5.74) is 6.08. The second-order valence-corrected chi connectivity index (χ2v) is 9.25. The molecular weight excluding hydrogens is 452 g/mol. The lowest BCUT2D eigenvalue weighted by Gasteiger charge is -2.15. The number of aromatic nitrogens is 2. The Morgan fingerprint density at radius 2 is 1.97 bits per heavy atom. The van der Waals surface area contributed by atoms with Crippen LogP contribution in [-0.4, -0.2) is 34.9 Å². The van der Waals surface area contributed by atoms with Crippen LogP contribution in [0.25, 0.3) is 11.0 Å². The van der Waals surface area contributed by atoms with E-state index in [1.165, 1.54) is 0 Å². The van der Waals surface area contributed by atoms with Gasteiger partial charge in [0.05, 0.1) is 24.2 Å². The molecule has 7 heteroatoms. The Kier molecular flexibility index (Phi) is 6.98. The highest BCUT2D eigenvalue weighted by Crippen LogP contribution is 2.25. The topological polar surface area (TPSA) is 96.1 Å². The third-order valence-corrected chi connectivity index (χ3v) is 6.37. The van der Waals surface area contributed by atoms with Gasteiger partial charge in [-0.2, -0.15) is 0 Å². The number of aromatic amines is 1. The van der Waals surface area contributed by atoms with E-state index in [1.807, 2.05) is 61.5 Å². The third-order valence-electron chi connectivity index (χ3n) is 6.37. The number of hydrogen-bond donors (Lipinski definition) is 3. The zero-order valence-corrected chi connectivity index (χ0v) is 20.4. The van der Waals surface area contributed by atoms with Gasteiger partial charge in [0.25, 0.3) is 11.8 Å². The Labute approximate surface area is 210 Å². The molecule has 0 aliphatic carbocycles. The van der Waals surface area contributed by atoms with Gasteiger partial charge in [0.15, 0.2) is 0 Å². The number of hydrogen-bond acceptors (Lipinski definition) is 4. The maximum Gasteiger partial charge on any atom is 0.251 e. The van der Waals surface area contributed by atoms with Gasteiger partial charge in [0, 0.05) is 24.1 Å². The summed E-state index contributed by atoms with van der Waals surface area (Å²) in [7, 11) is 0. The van der Waals surface area contributed by atoms with Crippen LogP contribution in [-0.2, 0) is 13.0 Å². The molecule has 1 aromatic heterocycles. The second kappa shape index (κ2) is 10.6. The molecule has 184 valence electrons. The summed E-state index contributed by atoms with van der Waals surface area (Å²) in [4.78, 5) is 33.3. The van der Waals surface area contributed by atoms with Crippen molar-refractivity contribution in [3.8, 4) is 5.75 Å². The first-order chi connectivity index (χ1) is 17.5. The minimum absolute atomic E-state index is 0.0562. The average Bonchev–Trinajstić information content (AvgIpc) is 3.29. The van der Waals surface area contributed by atoms with Gasteiger partial charge in [-0.25, -0.2) is 4.98 Å². The summed E-state index contributed by atoms with van der Waals surface area (Å²) in [5.74, 6) is 1.24. The fourth-order valence-corrected chi connectivity index (χ4v) is 4.46. The zero-order chi connectivity index (χ0) is 24.9. The van der Waals surface area contributed by atoms with Crippen LogP contribution in [0.1, 0.15) is 62.5 Å². The summed E-state index contributed by atoms with van der Waals surface area (Å²) in [5, 5.41) is 5.95. The number of benzene rings is 3. The molecule has 0 spiro atoms. The van der Waals surface area contributed by atoms with Crippen molar-refractivity contribution in [3.05, 3.63) is 94.3 Å². The zero-order valence-electron chi connectivity index (χ0n) is 20.4. The van der Waals surface area contributed by atoms with Crippen LogP contribution in [0.2, 0.25) is 0 Å². The fourth-order valence-electron chi connectivity index (χ4n) is 4.46. The maximum atomic E-state index is 13.0. The van der Waals surface area contributed by atoms with Crippen molar-refractivity contribution in [2.45, 2.75) is 39.2 Å². The second-order valence-electron chi connectivity index (χ2n) is 9.25. The molecule has 5 rings (SSSR count). The van der Waals surface area contributed by atoms with Crippen LogP contribution in [0.5, 0.6) is 5.75 Å². The van der Waals surface area contributed by atoms with Crippen molar-refractivity contribution in [2.24, 2.45) is 0 Å². The number of fused-ring (bicyclic) bond motifs is 4. The molecule has 4 aromatic rings. The van der Waals surface area contributed by atoms with Crippen molar-refractivity contribution < 1.29 is 14.3 Å². The van der Waals surface area contributed by atoms with Crippen LogP contribution < -0.4 is 15.4 Å². The van der Waals surface area contributed by atoms with E-state index in [1.54, 1.807) is 6.07 Å². The standard InChI is InChI=1S/C29H30N4O3/c1-19-8-10-24-25(14-19)33-27(32-24)18-31-29(35)22-9-11-26-23(17-22)16-20-6-5-7-21(15-20)28(34)30-12-3-2-4-13-36-26/h5-11,14-15,17H,2-4,12-13,16,18H2,1H3,(H,30,34)(H,31,35)(H,32,33). The van der Waals surface area contributed by atoms with Crippen LogP contribution in [0.4, 0.5) is 0 Å². The molecule has 0 atom stereocenters. The Morgan fingerprint density at radius 1 is 1.06 bits per heavy atom. The summed E-state index contributed by atoms with van der Waals surface area (Å²) < 4.78 is 6.10. The molecule has 0 unspecified atom stereocenters. The highest BCUT2D eigenvalue weighted by Gasteiger charge is 2.14. The fraction of sp³-hybridized carbons (Fsp3) is 0.276. The van der Waals surface area contributed by atoms with Crippen LogP contribution in [0.15, 0.2) is 60.7 Å². The number of carbonyl (C=O) groups excluding carboxylic acids is 2. The van der Waals surface area contributed by atoms with E-state index >= 15 is 0 Å². The molecule has 3 aromatic carbocycles. The molecule has 0 radical (unpaired) electrons. The van der Waals surface area contributed by atoms with E-state index in [2.05, 4.69) is 20.6 Å². The smallest absolute Gasteiger partial charge is 0.251 e. The molecule has 3 N–H and O–H groups in total. The molecule has 1 aliphatic rings. The van der Waals surface area contributed by atoms with Gasteiger partial charge in [-0.1, -0.05) is 18.2 Å². The van der Waals surface area contributed by atoms with Gasteiger partial charge in [-0.15, -0.1) is 0 Å². The van der Waals surface area contributed by atoms with Crippen LogP contribution >= 0.6 is 0 Å². The molecule has 2 amide bonds. The van der Waals surface area contributed by atoms with Crippen molar-refractivity contribution in [1.82, 2.24) is 20.6 Å². The Bertz CT molecular complexity index is 1410. The van der Waals surface area contributed by atoms with Crippen molar-refractivity contribution in [1.29, 1.82) is 0 Å². The number of rotatable bonds is 3. The molecular formula is C29H30N4O3. The van der Waals surface area contributed by atoms with E-state index in [9.17, 15) is 9.59 Å². The van der Waals surface area contributed by atoms with E-state index in [4.69, 9.17) is 4.74 Å². The Balaban J connectivity index is 1.36. The summed E-state index contributed by atoms with van der Waals surface area (Å²) >= 11 is 0. The number of amides is 2. The highest BCUT2D eigenvalue weighted by atomic mass is 16.5. The molecule has 0 saturated carbocycles. The molecule has 0 fully saturated rings. The minimum atomic E-state index is -0.179. The largest absolute Gasteiger partial charge is 0.493 e. The first-order valence-electron chi connectivity index (χ1n) is 12.4. The third kappa shape index (κ3) is 5.57. The van der Waals surface area contributed by atoms with E-state index < -0.39 is 0 Å². The van der Waals surface area contributed by atoms with Gasteiger partial charge in [-0.05, 0) is 85.3 Å². The molecule has 36 heavy (non-hydrogen) atoms. The molecule has 2 heterocycles. The van der Waals surface area contributed by atoms with E-state index in [-0.39, 0.29) is 11.8 Å². The highest BCUT2D eigenvalue weighted by molar-refractivity contribution is 5.95. The summed E-state index contributed by atoms with van der Waals surface area (Å²) in [6.45, 7) is 3.59. The molecule has 7 nitrogen and oxygen atoms in total. The predicted molar refractivity (Wildman–Crippen MR) is 139 cm³/mol. The number of nitrogens with one attached hydrogen (secondary N) is 3. The minimum Gasteiger partial charge on any atom is -0.493 e. The van der Waals surface area contributed by atoms with Gasteiger partial charge in [0.1, 0.15) is 11.6 Å². The van der Waals surface area contributed by atoms with Crippen LogP contribution in [0.3, 0.4) is 0 Å². The van der Waals surface area contributed by atoms with Crippen molar-refractivity contribution in [3.63, 3.8) is 0 Å². The monoisotopic (exact) mass is 482 g/mol. The number of imidazole rings is 1. The van der Waals surface area contributed by atoms with Crippen LogP contribution in [0, 0.1) is 6.92 Å². The number of carbonyl (C=O) groups is 2. The van der Waals surface area contributed by atoms with Gasteiger partial charge in [0.2, 0.25) is 0 Å². The van der Waals surface area contributed by atoms with Gasteiger partial charge in [-0.3, -0.25) is 9.59 Å². The summed E-state index contributed by atoms with van der Waals surface area (Å²) in [6, 6.07) is 19.2. The molecule has 1 aliphatic heterocycles. The number of nitrogens with zero attached hydrogens (tertiary/aromatic N) is 1. The Hall–Kier alpha value is -4.13. The normalized spacial score (nSPS) is 14.3. The summed E-state index contributed by atoms with van der Waals surface area (Å²) in [6.07, 6.45) is 3.34. The van der Waals surface area contributed by atoms with E-state index in [0.717, 1.165) is 52.7 Å². The SMILES string of the molecule is Cc1ccc2nc(CNC(=O)c3ccc4c(c3)Cc3cccc(c3)C(=O)NCCCCCO4)[nH]c2c1. The van der Waals surface area contributed by atoms with E-state index in [0.29, 0.717) is 43.1 Å². The van der Waals surface area contributed by atoms with Gasteiger partial charge >= 0.3 is 0 Å². The maximum absolute atomic E-state index is 13.0. The first-order valence-corrected chi connectivity index (χ1v) is 12.4. The quantitative estimate of drug-likeness (QED) is 0.395. The number of H-pyrrole nitrogens is 1. The molecule has 2 bridgehead atoms. The molecule has 0 saturated heterocycles. The van der Waals surface area contributed by atoms with Crippen molar-refractivity contribution >= 4 is 22.8 Å². The van der Waals surface area contributed by atoms with Gasteiger partial charge < -0.3 is 20.4 Å². The predicted octanol–water partition coefficient (Wildman–Crippen LogP) is 4.68. The number of ether oxygens (including phenoxy) is 1. The average molecular weight is 483 g/mol.